The number of anilines is 1. The molecule has 1 aliphatic rings. The standard InChI is InChI=1S/C20H22FN5O2/c1-28-17-5-3-15(4-6-17)22-20(27)13-25-10-8-16(9-11-25)26-19-7-2-14(21)12-18(19)23-24-26/h2-7,12,16H,8-11,13H2,1H3,(H,22,27). The number of hydrogen-bond acceptors (Lipinski definition) is 5. The minimum absolute atomic E-state index is 0.0368. The maximum atomic E-state index is 13.3. The van der Waals surface area contributed by atoms with E-state index in [0.717, 1.165) is 42.9 Å². The van der Waals surface area contributed by atoms with Gasteiger partial charge in [-0.2, -0.15) is 0 Å². The Morgan fingerprint density at radius 3 is 2.68 bits per heavy atom. The molecule has 0 atom stereocenters. The minimum Gasteiger partial charge on any atom is -0.497 e. The zero-order chi connectivity index (χ0) is 19.5. The summed E-state index contributed by atoms with van der Waals surface area (Å²) < 4.78 is 20.3. The van der Waals surface area contributed by atoms with Crippen molar-refractivity contribution in [1.29, 1.82) is 0 Å². The van der Waals surface area contributed by atoms with Crippen molar-refractivity contribution >= 4 is 22.6 Å². The van der Waals surface area contributed by atoms with Crippen LogP contribution in [0.5, 0.6) is 5.75 Å². The summed E-state index contributed by atoms with van der Waals surface area (Å²) >= 11 is 0. The fraction of sp³-hybridized carbons (Fsp3) is 0.350. The van der Waals surface area contributed by atoms with E-state index < -0.39 is 0 Å². The molecule has 1 amide bonds. The van der Waals surface area contributed by atoms with Crippen molar-refractivity contribution in [3.63, 3.8) is 0 Å². The summed E-state index contributed by atoms with van der Waals surface area (Å²) in [5, 5.41) is 11.2. The van der Waals surface area contributed by atoms with Gasteiger partial charge in [-0.15, -0.1) is 5.10 Å². The molecule has 1 N–H and O–H groups in total. The molecule has 28 heavy (non-hydrogen) atoms. The lowest BCUT2D eigenvalue weighted by Gasteiger charge is -2.31. The van der Waals surface area contributed by atoms with E-state index in [1.807, 2.05) is 28.9 Å². The van der Waals surface area contributed by atoms with Crippen molar-refractivity contribution in [2.45, 2.75) is 18.9 Å². The van der Waals surface area contributed by atoms with Crippen LogP contribution in [0.15, 0.2) is 42.5 Å². The van der Waals surface area contributed by atoms with Crippen LogP contribution in [0.1, 0.15) is 18.9 Å². The van der Waals surface area contributed by atoms with Crippen LogP contribution in [0.2, 0.25) is 0 Å². The molecule has 3 aromatic rings. The predicted octanol–water partition coefficient (Wildman–Crippen LogP) is 2.85. The fourth-order valence-corrected chi connectivity index (χ4v) is 3.58. The minimum atomic E-state index is -0.308. The first kappa shape index (κ1) is 18.4. The van der Waals surface area contributed by atoms with E-state index in [2.05, 4.69) is 20.5 Å². The molecule has 0 bridgehead atoms. The van der Waals surface area contributed by atoms with Gasteiger partial charge in [0.2, 0.25) is 5.91 Å². The molecule has 1 aliphatic heterocycles. The number of halogens is 1. The molecule has 1 fully saturated rings. The second-order valence-corrected chi connectivity index (χ2v) is 6.95. The van der Waals surface area contributed by atoms with Crippen molar-refractivity contribution in [2.75, 3.05) is 32.1 Å². The van der Waals surface area contributed by atoms with Crippen LogP contribution in [0.3, 0.4) is 0 Å². The Kier molecular flexibility index (Phi) is 5.21. The van der Waals surface area contributed by atoms with Crippen LogP contribution in [-0.4, -0.2) is 52.5 Å². The number of nitrogens with zero attached hydrogens (tertiary/aromatic N) is 4. The number of hydrogen-bond donors (Lipinski definition) is 1. The lowest BCUT2D eigenvalue weighted by atomic mass is 10.0. The SMILES string of the molecule is COc1ccc(NC(=O)CN2CCC(n3nnc4cc(F)ccc43)CC2)cc1. The maximum absolute atomic E-state index is 13.3. The van der Waals surface area contributed by atoms with Crippen molar-refractivity contribution in [3.05, 3.63) is 48.3 Å². The normalized spacial score (nSPS) is 15.6. The third kappa shape index (κ3) is 3.96. The molecule has 1 aromatic heterocycles. The molecule has 0 radical (unpaired) electrons. The average molecular weight is 383 g/mol. The summed E-state index contributed by atoms with van der Waals surface area (Å²) in [5.74, 6) is 0.408. The molecule has 2 heterocycles. The number of nitrogens with one attached hydrogen (secondary N) is 1. The molecule has 0 spiro atoms. The van der Waals surface area contributed by atoms with Gasteiger partial charge in [0.1, 0.15) is 17.1 Å². The first-order valence-electron chi connectivity index (χ1n) is 9.29. The molecular formula is C20H22FN5O2. The highest BCUT2D eigenvalue weighted by Gasteiger charge is 2.24. The highest BCUT2D eigenvalue weighted by molar-refractivity contribution is 5.92. The number of methoxy groups -OCH3 is 1. The molecule has 2 aromatic carbocycles. The molecule has 0 aliphatic carbocycles. The maximum Gasteiger partial charge on any atom is 0.238 e. The van der Waals surface area contributed by atoms with Gasteiger partial charge in [-0.05, 0) is 49.2 Å². The van der Waals surface area contributed by atoms with Gasteiger partial charge in [0, 0.05) is 24.8 Å². The van der Waals surface area contributed by atoms with Crippen molar-refractivity contribution in [2.24, 2.45) is 0 Å². The zero-order valence-electron chi connectivity index (χ0n) is 15.6. The Morgan fingerprint density at radius 1 is 1.21 bits per heavy atom. The van der Waals surface area contributed by atoms with Crippen LogP contribution < -0.4 is 10.1 Å². The summed E-state index contributed by atoms with van der Waals surface area (Å²) in [4.78, 5) is 14.4. The van der Waals surface area contributed by atoms with Crippen molar-refractivity contribution < 1.29 is 13.9 Å². The number of benzene rings is 2. The van der Waals surface area contributed by atoms with Crippen LogP contribution >= 0.6 is 0 Å². The number of carbonyl (C=O) groups is 1. The molecule has 0 saturated carbocycles. The lowest BCUT2D eigenvalue weighted by molar-refractivity contribution is -0.117. The van der Waals surface area contributed by atoms with Crippen molar-refractivity contribution in [3.8, 4) is 5.75 Å². The van der Waals surface area contributed by atoms with E-state index in [1.54, 1.807) is 13.2 Å². The first-order chi connectivity index (χ1) is 13.6. The molecule has 7 nitrogen and oxygen atoms in total. The summed E-state index contributed by atoms with van der Waals surface area (Å²) in [7, 11) is 1.61. The van der Waals surface area contributed by atoms with E-state index in [4.69, 9.17) is 4.74 Å². The van der Waals surface area contributed by atoms with Gasteiger partial charge >= 0.3 is 0 Å². The highest BCUT2D eigenvalue weighted by Crippen LogP contribution is 2.25. The lowest BCUT2D eigenvalue weighted by Crippen LogP contribution is -2.39. The molecule has 8 heteroatoms. The second kappa shape index (κ2) is 7.93. The van der Waals surface area contributed by atoms with E-state index in [9.17, 15) is 9.18 Å². The van der Waals surface area contributed by atoms with Gasteiger partial charge in [0.25, 0.3) is 0 Å². The number of piperidine rings is 1. The summed E-state index contributed by atoms with van der Waals surface area (Å²) in [6.07, 6.45) is 1.73. The first-order valence-corrected chi connectivity index (χ1v) is 9.29. The molecular weight excluding hydrogens is 361 g/mol. The Morgan fingerprint density at radius 2 is 1.96 bits per heavy atom. The Hall–Kier alpha value is -3.00. The van der Waals surface area contributed by atoms with Crippen LogP contribution in [-0.2, 0) is 4.79 Å². The molecule has 146 valence electrons. The summed E-state index contributed by atoms with van der Waals surface area (Å²) in [6.45, 7) is 1.94. The molecule has 1 saturated heterocycles. The van der Waals surface area contributed by atoms with E-state index in [0.29, 0.717) is 12.1 Å². The van der Waals surface area contributed by atoms with Gasteiger partial charge in [0.15, 0.2) is 0 Å². The van der Waals surface area contributed by atoms with Gasteiger partial charge < -0.3 is 10.1 Å². The fourth-order valence-electron chi connectivity index (χ4n) is 3.58. The third-order valence-corrected chi connectivity index (χ3v) is 5.08. The van der Waals surface area contributed by atoms with E-state index in [-0.39, 0.29) is 17.8 Å². The quantitative estimate of drug-likeness (QED) is 0.734. The van der Waals surface area contributed by atoms with E-state index in [1.165, 1.54) is 12.1 Å². The summed E-state index contributed by atoms with van der Waals surface area (Å²) in [6, 6.07) is 12.0. The van der Waals surface area contributed by atoms with Crippen molar-refractivity contribution in [1.82, 2.24) is 19.9 Å². The second-order valence-electron chi connectivity index (χ2n) is 6.95. The van der Waals surface area contributed by atoms with Gasteiger partial charge in [-0.3, -0.25) is 9.69 Å². The number of fused-ring (bicyclic) bond motifs is 1. The average Bonchev–Trinajstić information content (AvgIpc) is 3.12. The largest absolute Gasteiger partial charge is 0.497 e. The van der Waals surface area contributed by atoms with Crippen LogP contribution in [0.25, 0.3) is 11.0 Å². The van der Waals surface area contributed by atoms with Gasteiger partial charge in [-0.25, -0.2) is 9.07 Å². The number of aromatic nitrogens is 3. The molecule has 4 rings (SSSR count). The Balaban J connectivity index is 1.31. The topological polar surface area (TPSA) is 72.3 Å². The van der Waals surface area contributed by atoms with Crippen LogP contribution in [0, 0.1) is 5.82 Å². The Bertz CT molecular complexity index is 964. The smallest absolute Gasteiger partial charge is 0.238 e. The number of likely N-dealkylation sites (tertiary alicyclic amines) is 1. The molecule has 0 unspecified atom stereocenters. The van der Waals surface area contributed by atoms with Gasteiger partial charge in [-0.1, -0.05) is 5.21 Å². The number of carbonyl (C=O) groups excluding carboxylic acids is 1. The number of ether oxygens (including phenoxy) is 1. The van der Waals surface area contributed by atoms with Gasteiger partial charge in [0.05, 0.1) is 25.2 Å². The monoisotopic (exact) mass is 383 g/mol. The third-order valence-electron chi connectivity index (χ3n) is 5.08. The van der Waals surface area contributed by atoms with Crippen LogP contribution in [0.4, 0.5) is 10.1 Å². The number of amides is 1. The van der Waals surface area contributed by atoms with E-state index >= 15 is 0 Å². The predicted molar refractivity (Wildman–Crippen MR) is 104 cm³/mol. The highest BCUT2D eigenvalue weighted by atomic mass is 19.1. The number of rotatable bonds is 5. The summed E-state index contributed by atoms with van der Waals surface area (Å²) in [5.41, 5.74) is 2.17. The Labute approximate surface area is 162 Å². The zero-order valence-corrected chi connectivity index (χ0v) is 15.6.